The van der Waals surface area contributed by atoms with Crippen molar-refractivity contribution in [1.29, 1.82) is 0 Å². The van der Waals surface area contributed by atoms with Crippen LogP contribution in [-0.2, 0) is 4.74 Å². The molecule has 49 heavy (non-hydrogen) atoms. The molecule has 0 N–H and O–H groups in total. The van der Waals surface area contributed by atoms with Gasteiger partial charge in [0.05, 0.1) is 12.2 Å². The van der Waals surface area contributed by atoms with Gasteiger partial charge >= 0.3 is 0 Å². The molecule has 0 aromatic rings. The Bertz CT molecular complexity index is 1140. The monoisotopic (exact) mass is 669 g/mol. The van der Waals surface area contributed by atoms with E-state index >= 15 is 0 Å². The van der Waals surface area contributed by atoms with Crippen molar-refractivity contribution in [2.75, 3.05) is 0 Å². The Kier molecular flexibility index (Phi) is 9.85. The van der Waals surface area contributed by atoms with Crippen LogP contribution in [0, 0.1) is 94.7 Å². The Morgan fingerprint density at radius 3 is 1.69 bits per heavy atom. The van der Waals surface area contributed by atoms with Gasteiger partial charge in [0.1, 0.15) is 0 Å². The lowest BCUT2D eigenvalue weighted by molar-refractivity contribution is -0.120. The second-order valence-corrected chi connectivity index (χ2v) is 21.0. The lowest BCUT2D eigenvalue weighted by Gasteiger charge is -2.61. The maximum absolute atomic E-state index is 7.26. The molecule has 9 fully saturated rings. The van der Waals surface area contributed by atoms with Gasteiger partial charge in [0.15, 0.2) is 0 Å². The average molecular weight is 669 g/mol. The van der Waals surface area contributed by atoms with Crippen LogP contribution in [0.15, 0.2) is 12.2 Å². The van der Waals surface area contributed by atoms with E-state index in [0.29, 0.717) is 12.2 Å². The molecule has 10 rings (SSSR count). The van der Waals surface area contributed by atoms with Crippen molar-refractivity contribution in [2.24, 2.45) is 94.7 Å². The minimum absolute atomic E-state index is 0.631. The van der Waals surface area contributed by atoms with Crippen molar-refractivity contribution in [3.05, 3.63) is 12.2 Å². The maximum atomic E-state index is 7.26. The maximum Gasteiger partial charge on any atom is 0.0641 e. The molecule has 18 atom stereocenters. The van der Waals surface area contributed by atoms with Gasteiger partial charge in [-0.05, 0) is 185 Å². The van der Waals surface area contributed by atoms with Crippen LogP contribution in [0.4, 0.5) is 0 Å². The van der Waals surface area contributed by atoms with Gasteiger partial charge < -0.3 is 4.74 Å². The van der Waals surface area contributed by atoms with Crippen molar-refractivity contribution < 1.29 is 4.74 Å². The van der Waals surface area contributed by atoms with E-state index in [1.807, 2.05) is 0 Å². The van der Waals surface area contributed by atoms with Crippen LogP contribution in [-0.4, -0.2) is 12.2 Å². The van der Waals surface area contributed by atoms with E-state index in [2.05, 4.69) is 12.2 Å². The molecule has 1 saturated heterocycles. The summed E-state index contributed by atoms with van der Waals surface area (Å²) in [5, 5.41) is 0. The van der Waals surface area contributed by atoms with Crippen LogP contribution in [0.25, 0.3) is 0 Å². The molecule has 1 nitrogen and oxygen atoms in total. The van der Waals surface area contributed by atoms with E-state index in [0.717, 1.165) is 94.7 Å². The average Bonchev–Trinajstić information content (AvgIpc) is 3.56. The fourth-order valence-corrected chi connectivity index (χ4v) is 17.7. The first-order valence-corrected chi connectivity index (χ1v) is 23.6. The summed E-state index contributed by atoms with van der Waals surface area (Å²) in [5.74, 6) is 16.2. The zero-order valence-corrected chi connectivity index (χ0v) is 31.8. The molecule has 1 aliphatic heterocycles. The van der Waals surface area contributed by atoms with Crippen molar-refractivity contribution in [3.8, 4) is 0 Å². The quantitative estimate of drug-likeness (QED) is 0.271. The van der Waals surface area contributed by atoms with Gasteiger partial charge in [-0.15, -0.1) is 0 Å². The zero-order valence-electron chi connectivity index (χ0n) is 31.8. The predicted octanol–water partition coefficient (Wildman–Crippen LogP) is 13.2. The number of fused-ring (bicyclic) bond motifs is 6. The van der Waals surface area contributed by atoms with E-state index in [-0.39, 0.29) is 0 Å². The van der Waals surface area contributed by atoms with Gasteiger partial charge in [0.2, 0.25) is 0 Å². The molecule has 274 valence electrons. The van der Waals surface area contributed by atoms with Crippen LogP contribution in [0.3, 0.4) is 0 Å². The standard InChI is InChI=1S/C48H76O/c1-2-14-32-29-34(28-27-31(32)13-1)33-15-11-16-35(30-33)46-39-20-5-7-22-41(39)47(42-23-8-6-21-40(42)46)38-19-4-3-17-36(38)43-24-12-25-44-37-18-9-10-26-45(37)49-48(43)44/h7,22,31-48H,1-6,8-21,23-30H2/t31?,32?,33?,34?,35?,36?,37?,38?,39?,40-,41?,42?,43?,44?,45?,46?,47?,48?/m1/s1. The summed E-state index contributed by atoms with van der Waals surface area (Å²) in [6.07, 6.45) is 50.0. The Morgan fingerprint density at radius 2 is 0.857 bits per heavy atom. The van der Waals surface area contributed by atoms with Crippen molar-refractivity contribution in [3.63, 3.8) is 0 Å². The number of rotatable bonds is 4. The van der Waals surface area contributed by atoms with Crippen molar-refractivity contribution in [2.45, 2.75) is 192 Å². The van der Waals surface area contributed by atoms with Gasteiger partial charge in [0, 0.05) is 0 Å². The van der Waals surface area contributed by atoms with Gasteiger partial charge in [-0.2, -0.15) is 0 Å². The molecule has 8 saturated carbocycles. The minimum atomic E-state index is 0.631. The highest BCUT2D eigenvalue weighted by Crippen LogP contribution is 2.64. The van der Waals surface area contributed by atoms with Gasteiger partial charge in [-0.3, -0.25) is 0 Å². The van der Waals surface area contributed by atoms with Gasteiger partial charge in [0.25, 0.3) is 0 Å². The summed E-state index contributed by atoms with van der Waals surface area (Å²) in [4.78, 5) is 0. The molecule has 0 aromatic heterocycles. The Balaban J connectivity index is 0.915. The first kappa shape index (κ1) is 33.3. The largest absolute Gasteiger partial charge is 0.374 e. The number of hydrogen-bond donors (Lipinski definition) is 0. The molecule has 1 heteroatoms. The van der Waals surface area contributed by atoms with Crippen LogP contribution in [0.1, 0.15) is 180 Å². The fraction of sp³-hybridized carbons (Fsp3) is 0.958. The first-order chi connectivity index (χ1) is 24.3. The highest BCUT2D eigenvalue weighted by atomic mass is 16.5. The summed E-state index contributed by atoms with van der Waals surface area (Å²) < 4.78 is 7.26. The van der Waals surface area contributed by atoms with Crippen molar-refractivity contribution in [1.82, 2.24) is 0 Å². The topological polar surface area (TPSA) is 9.23 Å². The summed E-state index contributed by atoms with van der Waals surface area (Å²) in [6, 6.07) is 0. The highest BCUT2D eigenvalue weighted by molar-refractivity contribution is 5.12. The van der Waals surface area contributed by atoms with E-state index in [1.54, 1.807) is 103 Å². The molecule has 1 heterocycles. The van der Waals surface area contributed by atoms with E-state index in [9.17, 15) is 0 Å². The van der Waals surface area contributed by atoms with Crippen LogP contribution < -0.4 is 0 Å². The Labute approximate surface area is 302 Å². The molecule has 9 aliphatic carbocycles. The first-order valence-electron chi connectivity index (χ1n) is 23.6. The Morgan fingerprint density at radius 1 is 0.347 bits per heavy atom. The summed E-state index contributed by atoms with van der Waals surface area (Å²) in [7, 11) is 0. The predicted molar refractivity (Wildman–Crippen MR) is 203 cm³/mol. The fourth-order valence-electron chi connectivity index (χ4n) is 17.7. The zero-order chi connectivity index (χ0) is 32.3. The molecular weight excluding hydrogens is 593 g/mol. The SMILES string of the molecule is C1=CC2C(CC1)C(C1CCCC(C3CCC4CCCCC4C3)C1)[C@@H]1CCCCC1C2C1CCCCC1C1CCCC2C3CCCCC3OC21. The summed E-state index contributed by atoms with van der Waals surface area (Å²) >= 11 is 0. The van der Waals surface area contributed by atoms with Crippen molar-refractivity contribution >= 4 is 0 Å². The smallest absolute Gasteiger partial charge is 0.0641 e. The second kappa shape index (κ2) is 14.5. The van der Waals surface area contributed by atoms with E-state index < -0.39 is 0 Å². The van der Waals surface area contributed by atoms with Crippen LogP contribution in [0.2, 0.25) is 0 Å². The van der Waals surface area contributed by atoms with Crippen LogP contribution in [0.5, 0.6) is 0 Å². The Hall–Kier alpha value is -0.300. The summed E-state index contributed by atoms with van der Waals surface area (Å²) in [5.41, 5.74) is 0. The van der Waals surface area contributed by atoms with E-state index in [1.165, 1.54) is 77.0 Å². The molecular formula is C48H76O. The third-order valence-electron chi connectivity index (χ3n) is 19.3. The summed E-state index contributed by atoms with van der Waals surface area (Å²) in [6.45, 7) is 0. The molecule has 0 radical (unpaired) electrons. The van der Waals surface area contributed by atoms with Gasteiger partial charge in [-0.1, -0.05) is 102 Å². The molecule has 17 unspecified atom stereocenters. The number of allylic oxidation sites excluding steroid dienone is 2. The molecule has 0 spiro atoms. The second-order valence-electron chi connectivity index (χ2n) is 21.0. The molecule has 10 aliphatic rings. The number of ether oxygens (including phenoxy) is 1. The lowest BCUT2D eigenvalue weighted by Crippen LogP contribution is -2.55. The lowest BCUT2D eigenvalue weighted by atomic mass is 9.44. The van der Waals surface area contributed by atoms with E-state index in [4.69, 9.17) is 4.74 Å². The minimum Gasteiger partial charge on any atom is -0.374 e. The third-order valence-corrected chi connectivity index (χ3v) is 19.3. The molecule has 0 aromatic carbocycles. The normalized spacial score (nSPS) is 54.5. The number of hydrogen-bond acceptors (Lipinski definition) is 1. The molecule has 0 amide bonds. The van der Waals surface area contributed by atoms with Crippen LogP contribution >= 0.6 is 0 Å². The molecule has 0 bridgehead atoms. The highest BCUT2D eigenvalue weighted by Gasteiger charge is 2.58. The van der Waals surface area contributed by atoms with Gasteiger partial charge in [-0.25, -0.2) is 0 Å². The third kappa shape index (κ3) is 6.11.